The van der Waals surface area contributed by atoms with Gasteiger partial charge in [-0.15, -0.1) is 0 Å². The third-order valence-corrected chi connectivity index (χ3v) is 11.1. The number of ether oxygens (including phenoxy) is 3. The molecule has 4 aromatic rings. The molecule has 1 fully saturated rings. The average Bonchev–Trinajstić information content (AvgIpc) is 3.43. The maximum Gasteiger partial charge on any atom is 0.341 e. The first kappa shape index (κ1) is 36.4. The molecule has 0 saturated carbocycles. The second-order valence-electron chi connectivity index (χ2n) is 15.6. The number of carbonyl (C=O) groups excluding carboxylic acids is 1. The van der Waals surface area contributed by atoms with Crippen LogP contribution in [0.4, 0.5) is 0 Å². The van der Waals surface area contributed by atoms with Crippen LogP contribution in [0.2, 0.25) is 0 Å². The summed E-state index contributed by atoms with van der Waals surface area (Å²) in [7, 11) is 0. The zero-order valence-electron chi connectivity index (χ0n) is 31.2. The van der Waals surface area contributed by atoms with E-state index in [1.807, 2.05) is 38.3 Å². The number of hydrogen-bond donors (Lipinski definition) is 7. The predicted octanol–water partition coefficient (Wildman–Crippen LogP) is 3.89. The van der Waals surface area contributed by atoms with E-state index in [9.17, 15) is 19.8 Å². The molecule has 3 aromatic heterocycles. The van der Waals surface area contributed by atoms with Gasteiger partial charge in [-0.05, 0) is 82.2 Å². The fraction of sp³-hybridized carbons (Fsp3) is 0.415. The molecule has 14 heteroatoms. The summed E-state index contributed by atoms with van der Waals surface area (Å²) in [5.41, 5.74) is 13.9. The number of rotatable bonds is 12. The summed E-state index contributed by atoms with van der Waals surface area (Å²) >= 11 is 0. The molecule has 9 N–H and O–H groups in total. The van der Waals surface area contributed by atoms with Crippen LogP contribution in [0.25, 0.3) is 21.9 Å². The standard InChI is InChI=1S/C41H48N6O8/c1-22-12-30(49)37-32(52-22)18-31-27(38(37)50)17-34(40(2,3)54-31)53-39(51)41(9-4-5-11-48)33(55-41)7-6-23-13-28(46-35(42)14-23)25-15-26(45-36(43)16-25)20-47-19-24-8-10-44-29(24)21-47/h8,10,12-16,18-19,21,26,28,33-34,44-46,48,50H,4-7,9,11,17,20,42-43H2,1-3H3/t26?,28?,33-,34-,41+/m1/s1. The van der Waals surface area contributed by atoms with Crippen LogP contribution in [0.15, 0.2) is 93.1 Å². The molecule has 290 valence electrons. The molecule has 2 unspecified atom stereocenters. The summed E-state index contributed by atoms with van der Waals surface area (Å²) in [6, 6.07) is 4.73. The third kappa shape index (κ3) is 7.07. The van der Waals surface area contributed by atoms with Gasteiger partial charge in [0.05, 0.1) is 35.3 Å². The molecule has 1 aromatic carbocycles. The number of phenolic OH excluding ortho intramolecular Hbond substituents is 1. The average molecular weight is 753 g/mol. The molecule has 0 bridgehead atoms. The number of aromatic nitrogens is 2. The summed E-state index contributed by atoms with van der Waals surface area (Å²) in [6.07, 6.45) is 15.7. The van der Waals surface area contributed by atoms with Crippen LogP contribution < -0.4 is 32.3 Å². The second-order valence-corrected chi connectivity index (χ2v) is 15.6. The van der Waals surface area contributed by atoms with Crippen LogP contribution in [0, 0.1) is 6.92 Å². The van der Waals surface area contributed by atoms with Gasteiger partial charge in [-0.2, -0.15) is 0 Å². The number of nitrogens with zero attached hydrogens (tertiary/aromatic N) is 1. The number of hydrogen-bond acceptors (Lipinski definition) is 12. The number of H-pyrrole nitrogens is 1. The fourth-order valence-corrected chi connectivity index (χ4v) is 8.17. The van der Waals surface area contributed by atoms with Crippen molar-refractivity contribution < 1.29 is 33.6 Å². The number of aromatic amines is 1. The van der Waals surface area contributed by atoms with Gasteiger partial charge >= 0.3 is 5.97 Å². The lowest BCUT2D eigenvalue weighted by Crippen LogP contribution is -2.50. The molecule has 5 atom stereocenters. The maximum atomic E-state index is 14.1. The summed E-state index contributed by atoms with van der Waals surface area (Å²) < 4.78 is 26.5. The number of dihydropyridines is 2. The first-order valence-corrected chi connectivity index (χ1v) is 18.8. The van der Waals surface area contributed by atoms with Gasteiger partial charge < -0.3 is 60.5 Å². The van der Waals surface area contributed by atoms with Crippen LogP contribution in [0.5, 0.6) is 11.5 Å². The number of phenols is 1. The minimum Gasteiger partial charge on any atom is -0.507 e. The zero-order valence-corrected chi connectivity index (χ0v) is 31.2. The summed E-state index contributed by atoms with van der Waals surface area (Å²) in [5.74, 6) is 1.11. The van der Waals surface area contributed by atoms with Gasteiger partial charge in [0.1, 0.15) is 39.9 Å². The number of unbranched alkanes of at least 4 members (excludes halogenated alkanes) is 1. The van der Waals surface area contributed by atoms with Crippen molar-refractivity contribution in [3.05, 3.63) is 105 Å². The first-order valence-electron chi connectivity index (χ1n) is 18.8. The van der Waals surface area contributed by atoms with Gasteiger partial charge in [0.25, 0.3) is 0 Å². The van der Waals surface area contributed by atoms with E-state index in [2.05, 4.69) is 44.7 Å². The number of epoxide rings is 1. The molecular weight excluding hydrogens is 704 g/mol. The van der Waals surface area contributed by atoms with Crippen molar-refractivity contribution in [3.63, 3.8) is 0 Å². The Balaban J connectivity index is 0.962. The molecular formula is C41H48N6O8. The Bertz CT molecular complexity index is 2320. The van der Waals surface area contributed by atoms with E-state index in [-0.39, 0.29) is 47.3 Å². The number of aliphatic hydroxyl groups is 1. The molecule has 8 rings (SSSR count). The molecule has 0 amide bonds. The van der Waals surface area contributed by atoms with Crippen LogP contribution >= 0.6 is 0 Å². The number of nitrogens with two attached hydrogens (primary N) is 2. The lowest BCUT2D eigenvalue weighted by Gasteiger charge is -2.39. The SMILES string of the molecule is Cc1cc(=O)c2c(O)c3c(cc2o1)OC(C)(C)[C@H](OC(=O)[C@@]1(CCCCO)O[C@@H]1CCC1=CC(C2=CC(Cn4cc5cc[nH]c5c4)NC(N)=C2)NC(N)=C1)C3. The highest BCUT2D eigenvalue weighted by Crippen LogP contribution is 2.48. The summed E-state index contributed by atoms with van der Waals surface area (Å²) in [5, 5.41) is 28.6. The van der Waals surface area contributed by atoms with Gasteiger partial charge in [0.15, 0.2) is 11.0 Å². The van der Waals surface area contributed by atoms with Gasteiger partial charge in [-0.3, -0.25) is 4.79 Å². The topological polar surface area (TPSA) is 216 Å². The molecule has 4 aliphatic rings. The van der Waals surface area contributed by atoms with E-state index in [4.69, 9.17) is 30.1 Å². The Morgan fingerprint density at radius 3 is 2.73 bits per heavy atom. The van der Waals surface area contributed by atoms with Crippen molar-refractivity contribution >= 4 is 27.8 Å². The van der Waals surface area contributed by atoms with Gasteiger partial charge in [0, 0.05) is 61.2 Å². The van der Waals surface area contributed by atoms with E-state index in [0.717, 1.165) is 22.0 Å². The van der Waals surface area contributed by atoms with Crippen molar-refractivity contribution in [3.8, 4) is 11.5 Å². The summed E-state index contributed by atoms with van der Waals surface area (Å²) in [6.45, 7) is 5.97. The number of allylic oxidation sites excluding steroid dienone is 2. The van der Waals surface area contributed by atoms with E-state index >= 15 is 0 Å². The molecule has 1 saturated heterocycles. The molecule has 0 radical (unpaired) electrons. The van der Waals surface area contributed by atoms with Gasteiger partial charge in [-0.25, -0.2) is 4.79 Å². The minimum absolute atomic E-state index is 0.00455. The van der Waals surface area contributed by atoms with Gasteiger partial charge in [-0.1, -0.05) is 12.2 Å². The number of aryl methyl sites for hydroxylation is 1. The highest BCUT2D eigenvalue weighted by Gasteiger charge is 2.63. The number of aromatic hydroxyl groups is 1. The Morgan fingerprint density at radius 2 is 1.93 bits per heavy atom. The molecule has 0 aliphatic carbocycles. The van der Waals surface area contributed by atoms with E-state index in [1.165, 1.54) is 6.07 Å². The quantitative estimate of drug-likeness (QED) is 0.0624. The van der Waals surface area contributed by atoms with Crippen molar-refractivity contribution in [1.29, 1.82) is 0 Å². The first-order chi connectivity index (χ1) is 26.3. The highest BCUT2D eigenvalue weighted by atomic mass is 16.7. The Labute approximate surface area is 317 Å². The van der Waals surface area contributed by atoms with Crippen molar-refractivity contribution in [2.45, 2.75) is 101 Å². The lowest BCUT2D eigenvalue weighted by molar-refractivity contribution is -0.168. The smallest absolute Gasteiger partial charge is 0.341 e. The van der Waals surface area contributed by atoms with Crippen LogP contribution in [0.3, 0.4) is 0 Å². The second kappa shape index (κ2) is 13.9. The normalized spacial score (nSPS) is 25.5. The number of benzene rings is 1. The van der Waals surface area contributed by atoms with Gasteiger partial charge in [0.2, 0.25) is 0 Å². The molecule has 14 nitrogen and oxygen atoms in total. The third-order valence-electron chi connectivity index (χ3n) is 11.1. The largest absolute Gasteiger partial charge is 0.507 e. The molecule has 55 heavy (non-hydrogen) atoms. The Hall–Kier alpha value is -5.60. The van der Waals surface area contributed by atoms with E-state index < -0.39 is 29.4 Å². The monoisotopic (exact) mass is 752 g/mol. The van der Waals surface area contributed by atoms with E-state index in [0.29, 0.717) is 67.4 Å². The molecule has 4 aliphatic heterocycles. The highest BCUT2D eigenvalue weighted by molar-refractivity contribution is 5.87. The summed E-state index contributed by atoms with van der Waals surface area (Å²) in [4.78, 5) is 30.1. The lowest BCUT2D eigenvalue weighted by atomic mass is 9.88. The Kier molecular flexibility index (Phi) is 9.20. The van der Waals surface area contributed by atoms with Crippen LogP contribution in [-0.4, -0.2) is 67.8 Å². The van der Waals surface area contributed by atoms with Crippen LogP contribution in [0.1, 0.15) is 57.3 Å². The van der Waals surface area contributed by atoms with Crippen molar-refractivity contribution in [2.75, 3.05) is 6.61 Å². The minimum atomic E-state index is -1.19. The van der Waals surface area contributed by atoms with Crippen molar-refractivity contribution in [1.82, 2.24) is 20.2 Å². The maximum absolute atomic E-state index is 14.1. The van der Waals surface area contributed by atoms with Crippen LogP contribution in [-0.2, 0) is 27.2 Å². The predicted molar refractivity (Wildman–Crippen MR) is 206 cm³/mol. The molecule has 7 heterocycles. The van der Waals surface area contributed by atoms with Crippen molar-refractivity contribution in [2.24, 2.45) is 11.5 Å². The fourth-order valence-electron chi connectivity index (χ4n) is 8.17. The number of aliphatic hydroxyl groups excluding tert-OH is 1. The number of carbonyl (C=O) groups is 1. The zero-order chi connectivity index (χ0) is 38.6. The number of nitrogens with one attached hydrogen (secondary N) is 3. The number of esters is 1. The van der Waals surface area contributed by atoms with E-state index in [1.54, 1.807) is 13.0 Å². The number of fused-ring (bicyclic) bond motifs is 3. The Morgan fingerprint density at radius 1 is 1.11 bits per heavy atom. The molecule has 0 spiro atoms.